The molecule has 0 saturated carbocycles. The van der Waals surface area contributed by atoms with E-state index in [4.69, 9.17) is 9.47 Å². The molecule has 252 valence electrons. The van der Waals surface area contributed by atoms with Gasteiger partial charge in [0, 0.05) is 0 Å². The molecule has 0 aliphatic heterocycles. The van der Waals surface area contributed by atoms with Gasteiger partial charge in [-0.1, -0.05) is 187 Å². The van der Waals surface area contributed by atoms with Crippen LogP contribution in [-0.2, 0) is 19.1 Å². The molecule has 0 amide bonds. The third-order valence-corrected chi connectivity index (χ3v) is 9.39. The van der Waals surface area contributed by atoms with Gasteiger partial charge in [0.25, 0.3) is 0 Å². The van der Waals surface area contributed by atoms with Crippen molar-refractivity contribution in [1.29, 1.82) is 0 Å². The largest absolute Gasteiger partial charge is 0.465 e. The fourth-order valence-corrected chi connectivity index (χ4v) is 6.48. The number of carbonyl (C=O) groups is 2. The first kappa shape index (κ1) is 39.7. The van der Waals surface area contributed by atoms with E-state index in [0.717, 1.165) is 25.7 Å². The quantitative estimate of drug-likeness (QED) is 0.0465. The van der Waals surface area contributed by atoms with E-state index in [2.05, 4.69) is 13.8 Å². The van der Waals surface area contributed by atoms with E-state index in [1.807, 2.05) is 19.1 Å². The number of esters is 2. The van der Waals surface area contributed by atoms with Crippen LogP contribution in [0.4, 0.5) is 0 Å². The van der Waals surface area contributed by atoms with Crippen LogP contribution in [0.3, 0.4) is 0 Å². The van der Waals surface area contributed by atoms with Crippen molar-refractivity contribution >= 4 is 11.9 Å². The Bertz CT molecular complexity index is 672. The molecule has 4 heteroatoms. The first-order valence-corrected chi connectivity index (χ1v) is 19.1. The van der Waals surface area contributed by atoms with Crippen LogP contribution in [0.25, 0.3) is 0 Å². The molecule has 0 fully saturated rings. The molecule has 0 saturated heterocycles. The molecule has 0 spiro atoms. The van der Waals surface area contributed by atoms with Crippen LogP contribution in [0.15, 0.2) is 12.2 Å². The van der Waals surface area contributed by atoms with Gasteiger partial charge in [-0.25, -0.2) is 0 Å². The predicted octanol–water partition coefficient (Wildman–Crippen LogP) is 12.1. The van der Waals surface area contributed by atoms with Gasteiger partial charge in [0.1, 0.15) is 0 Å². The number of carbonyl (C=O) groups excluding carboxylic acids is 2. The van der Waals surface area contributed by atoms with E-state index < -0.39 is 11.8 Å². The Morgan fingerprint density at radius 2 is 0.837 bits per heavy atom. The van der Waals surface area contributed by atoms with Crippen LogP contribution in [-0.4, -0.2) is 25.2 Å². The monoisotopic (exact) mass is 605 g/mol. The molecule has 4 nitrogen and oxygen atoms in total. The zero-order valence-electron chi connectivity index (χ0n) is 29.0. The van der Waals surface area contributed by atoms with E-state index in [-0.39, 0.29) is 17.9 Å². The Labute approximate surface area is 267 Å². The summed E-state index contributed by atoms with van der Waals surface area (Å²) in [5.41, 5.74) is 0. The molecule has 1 aliphatic carbocycles. The molecule has 0 heterocycles. The van der Waals surface area contributed by atoms with E-state index in [0.29, 0.717) is 19.6 Å². The first-order chi connectivity index (χ1) is 21.1. The normalized spacial score (nSPS) is 18.2. The molecule has 0 aromatic rings. The van der Waals surface area contributed by atoms with Gasteiger partial charge in [0.05, 0.1) is 25.0 Å². The molecule has 0 N–H and O–H groups in total. The lowest BCUT2D eigenvalue weighted by Gasteiger charge is -2.30. The summed E-state index contributed by atoms with van der Waals surface area (Å²) in [6.45, 7) is 7.48. The van der Waals surface area contributed by atoms with Gasteiger partial charge in [0.2, 0.25) is 0 Å². The van der Waals surface area contributed by atoms with Crippen LogP contribution in [0.5, 0.6) is 0 Å². The first-order valence-electron chi connectivity index (χ1n) is 19.1. The highest BCUT2D eigenvalue weighted by atomic mass is 16.5. The second-order valence-electron chi connectivity index (χ2n) is 13.5. The molecule has 1 rings (SSSR count). The number of hydrogen-bond acceptors (Lipinski definition) is 4. The highest BCUT2D eigenvalue weighted by Crippen LogP contribution is 2.32. The predicted molar refractivity (Wildman–Crippen MR) is 183 cm³/mol. The van der Waals surface area contributed by atoms with Crippen molar-refractivity contribution in [1.82, 2.24) is 0 Å². The fraction of sp³-hybridized carbons (Fsp3) is 0.897. The van der Waals surface area contributed by atoms with E-state index in [1.165, 1.54) is 141 Å². The SMILES string of the molecule is CCCCCCCCCCCCCCCOC(=O)C1CC=CC(C)C1C(=O)OCCCCCCCCCCCCCCC. The second kappa shape index (κ2) is 29.4. The van der Waals surface area contributed by atoms with Gasteiger partial charge in [-0.15, -0.1) is 0 Å². The maximum atomic E-state index is 13.0. The molecule has 0 bridgehead atoms. The Balaban J connectivity index is 2.08. The molecule has 1 aliphatic rings. The lowest BCUT2D eigenvalue weighted by atomic mass is 9.76. The van der Waals surface area contributed by atoms with Gasteiger partial charge in [-0.3, -0.25) is 9.59 Å². The van der Waals surface area contributed by atoms with Crippen LogP contribution in [0.1, 0.15) is 194 Å². The summed E-state index contributed by atoms with van der Waals surface area (Å²) in [6.07, 6.45) is 38.4. The number of allylic oxidation sites excluding steroid dienone is 2. The number of rotatable bonds is 30. The minimum atomic E-state index is -0.425. The van der Waals surface area contributed by atoms with Crippen molar-refractivity contribution in [3.63, 3.8) is 0 Å². The van der Waals surface area contributed by atoms with Crippen LogP contribution < -0.4 is 0 Å². The Hall–Kier alpha value is -1.32. The van der Waals surface area contributed by atoms with Crippen LogP contribution in [0.2, 0.25) is 0 Å². The standard InChI is InChI=1S/C39H72O4/c1-4-6-8-10-12-14-16-18-20-22-24-26-28-33-42-38(40)36-32-30-31-35(3)37(36)39(41)43-34-29-27-25-23-21-19-17-15-13-11-9-7-5-2/h30-31,35-37H,4-29,32-34H2,1-3H3. The minimum absolute atomic E-state index is 0.00165. The maximum absolute atomic E-state index is 13.0. The number of unbranched alkanes of at least 4 members (excludes halogenated alkanes) is 24. The molecule has 43 heavy (non-hydrogen) atoms. The Kier molecular flexibility index (Phi) is 27.1. The molecular weight excluding hydrogens is 532 g/mol. The molecule has 3 unspecified atom stereocenters. The lowest BCUT2D eigenvalue weighted by molar-refractivity contribution is -0.162. The molecule has 0 radical (unpaired) electrons. The summed E-state index contributed by atoms with van der Waals surface area (Å²) >= 11 is 0. The molecule has 3 atom stereocenters. The lowest BCUT2D eigenvalue weighted by Crippen LogP contribution is -2.38. The van der Waals surface area contributed by atoms with Gasteiger partial charge in [-0.2, -0.15) is 0 Å². The van der Waals surface area contributed by atoms with Crippen molar-refractivity contribution in [2.24, 2.45) is 17.8 Å². The minimum Gasteiger partial charge on any atom is -0.465 e. The van der Waals surface area contributed by atoms with Crippen molar-refractivity contribution in [2.75, 3.05) is 13.2 Å². The third kappa shape index (κ3) is 21.9. The number of hydrogen-bond donors (Lipinski definition) is 0. The molecule has 0 aromatic carbocycles. The topological polar surface area (TPSA) is 52.6 Å². The highest BCUT2D eigenvalue weighted by Gasteiger charge is 2.40. The van der Waals surface area contributed by atoms with Gasteiger partial charge in [0.15, 0.2) is 0 Å². The Morgan fingerprint density at radius 3 is 1.21 bits per heavy atom. The van der Waals surface area contributed by atoms with E-state index in [1.54, 1.807) is 0 Å². The zero-order valence-corrected chi connectivity index (χ0v) is 29.0. The third-order valence-electron chi connectivity index (χ3n) is 9.39. The summed E-state index contributed by atoms with van der Waals surface area (Å²) < 4.78 is 11.3. The molecular formula is C39H72O4. The van der Waals surface area contributed by atoms with E-state index in [9.17, 15) is 9.59 Å². The average Bonchev–Trinajstić information content (AvgIpc) is 3.01. The fourth-order valence-electron chi connectivity index (χ4n) is 6.48. The summed E-state index contributed by atoms with van der Waals surface area (Å²) in [5.74, 6) is -1.29. The van der Waals surface area contributed by atoms with Crippen molar-refractivity contribution in [3.05, 3.63) is 12.2 Å². The summed E-state index contributed by atoms with van der Waals surface area (Å²) in [6, 6.07) is 0. The van der Waals surface area contributed by atoms with Crippen LogP contribution >= 0.6 is 0 Å². The zero-order chi connectivity index (χ0) is 31.2. The summed E-state index contributed by atoms with van der Waals surface area (Å²) in [4.78, 5) is 25.9. The second-order valence-corrected chi connectivity index (χ2v) is 13.5. The smallest absolute Gasteiger partial charge is 0.310 e. The van der Waals surface area contributed by atoms with E-state index >= 15 is 0 Å². The van der Waals surface area contributed by atoms with Crippen LogP contribution in [0, 0.1) is 17.8 Å². The summed E-state index contributed by atoms with van der Waals surface area (Å²) in [7, 11) is 0. The Morgan fingerprint density at radius 1 is 0.512 bits per heavy atom. The molecule has 0 aromatic heterocycles. The summed E-state index contributed by atoms with van der Waals surface area (Å²) in [5, 5.41) is 0. The maximum Gasteiger partial charge on any atom is 0.310 e. The highest BCUT2D eigenvalue weighted by molar-refractivity contribution is 5.83. The average molecular weight is 605 g/mol. The van der Waals surface area contributed by atoms with Gasteiger partial charge < -0.3 is 9.47 Å². The van der Waals surface area contributed by atoms with Crippen molar-refractivity contribution in [2.45, 2.75) is 194 Å². The van der Waals surface area contributed by atoms with Crippen molar-refractivity contribution in [3.8, 4) is 0 Å². The van der Waals surface area contributed by atoms with Crippen molar-refractivity contribution < 1.29 is 19.1 Å². The van der Waals surface area contributed by atoms with Gasteiger partial charge in [-0.05, 0) is 25.2 Å². The van der Waals surface area contributed by atoms with Gasteiger partial charge >= 0.3 is 11.9 Å². The number of ether oxygens (including phenoxy) is 2.